The quantitative estimate of drug-likeness (QED) is 0.472. The molecule has 0 amide bonds. The summed E-state index contributed by atoms with van der Waals surface area (Å²) < 4.78 is 10.7. The van der Waals surface area contributed by atoms with E-state index in [0.29, 0.717) is 0 Å². The van der Waals surface area contributed by atoms with Crippen LogP contribution in [-0.2, 0) is 9.47 Å². The lowest BCUT2D eigenvalue weighted by atomic mass is 9.85. The molecule has 3 N–H and O–H groups in total. The lowest BCUT2D eigenvalue weighted by molar-refractivity contribution is -0.233. The Bertz CT molecular complexity index is 271. The number of ether oxygens (including phenoxy) is 2. The Balaban J connectivity index is 2.25. The van der Waals surface area contributed by atoms with Crippen molar-refractivity contribution in [2.45, 2.75) is 24.1 Å². The lowest BCUT2D eigenvalue weighted by Crippen LogP contribution is -2.60. The second-order valence-electron chi connectivity index (χ2n) is 3.94. The monoisotopic (exact) mass is 217 g/mol. The van der Waals surface area contributed by atoms with Gasteiger partial charge < -0.3 is 29.8 Å². The van der Waals surface area contributed by atoms with E-state index >= 15 is 0 Å². The van der Waals surface area contributed by atoms with Crippen LogP contribution in [0.1, 0.15) is 0 Å². The van der Waals surface area contributed by atoms with Gasteiger partial charge in [-0.1, -0.05) is 0 Å². The van der Waals surface area contributed by atoms with E-state index < -0.39 is 30.0 Å². The Morgan fingerprint density at radius 3 is 2.87 bits per heavy atom. The number of aliphatic imine (C=N–C) groups is 1. The van der Waals surface area contributed by atoms with Crippen LogP contribution in [0.5, 0.6) is 0 Å². The first-order valence-electron chi connectivity index (χ1n) is 4.83. The molecule has 2 fully saturated rings. The van der Waals surface area contributed by atoms with Crippen LogP contribution in [-0.4, -0.2) is 65.9 Å². The van der Waals surface area contributed by atoms with Crippen LogP contribution in [0.3, 0.4) is 0 Å². The number of hydrogen-bond donors (Lipinski definition) is 3. The van der Waals surface area contributed by atoms with Gasteiger partial charge in [-0.25, -0.2) is 0 Å². The SMILES string of the molecule is C/N=C/C1[C@H]2OC[C@](CO)(O2)[C@H](O)[C@@H]1O. The minimum absolute atomic E-state index is 0.0838. The zero-order chi connectivity index (χ0) is 11.1. The zero-order valence-electron chi connectivity index (χ0n) is 8.41. The van der Waals surface area contributed by atoms with Crippen molar-refractivity contribution in [3.8, 4) is 0 Å². The molecule has 2 saturated heterocycles. The molecular weight excluding hydrogens is 202 g/mol. The van der Waals surface area contributed by atoms with E-state index in [4.69, 9.17) is 14.6 Å². The molecule has 0 aliphatic carbocycles. The Morgan fingerprint density at radius 2 is 2.27 bits per heavy atom. The van der Waals surface area contributed by atoms with Gasteiger partial charge in [-0.15, -0.1) is 0 Å². The van der Waals surface area contributed by atoms with E-state index in [9.17, 15) is 10.2 Å². The number of rotatable bonds is 2. The first-order valence-corrected chi connectivity index (χ1v) is 4.83. The molecule has 0 radical (unpaired) electrons. The van der Waals surface area contributed by atoms with Gasteiger partial charge in [0.2, 0.25) is 0 Å². The molecule has 1 unspecified atom stereocenters. The summed E-state index contributed by atoms with van der Waals surface area (Å²) in [5.41, 5.74) is -1.18. The molecule has 86 valence electrons. The van der Waals surface area contributed by atoms with Gasteiger partial charge >= 0.3 is 0 Å². The molecule has 0 aromatic rings. The van der Waals surface area contributed by atoms with Crippen molar-refractivity contribution < 1.29 is 24.8 Å². The van der Waals surface area contributed by atoms with Gasteiger partial charge in [0.15, 0.2) is 6.29 Å². The molecular formula is C9H15NO5. The fourth-order valence-corrected chi connectivity index (χ4v) is 2.06. The number of aliphatic hydroxyl groups excluding tert-OH is 3. The molecule has 0 aromatic carbocycles. The van der Waals surface area contributed by atoms with E-state index in [1.807, 2.05) is 0 Å². The van der Waals surface area contributed by atoms with Crippen molar-refractivity contribution in [2.75, 3.05) is 20.3 Å². The highest BCUT2D eigenvalue weighted by atomic mass is 16.7. The molecule has 0 spiro atoms. The molecule has 5 atom stereocenters. The first-order chi connectivity index (χ1) is 7.14. The van der Waals surface area contributed by atoms with Crippen LogP contribution in [0.15, 0.2) is 4.99 Å². The van der Waals surface area contributed by atoms with Gasteiger partial charge in [-0.2, -0.15) is 0 Å². The van der Waals surface area contributed by atoms with Crippen LogP contribution in [0, 0.1) is 5.92 Å². The van der Waals surface area contributed by atoms with Gasteiger partial charge in [0.05, 0.1) is 25.2 Å². The van der Waals surface area contributed by atoms with Crippen molar-refractivity contribution in [1.29, 1.82) is 0 Å². The van der Waals surface area contributed by atoms with Crippen LogP contribution in [0.2, 0.25) is 0 Å². The standard InChI is InChI=1S/C9H15NO5/c1-10-2-5-6(12)7(13)9(3-11)4-14-8(5)15-9/h2,5-8,11-13H,3-4H2,1H3/b10-2+/t5?,6-,7-,8+,9+/m1/s1. The highest BCUT2D eigenvalue weighted by Gasteiger charge is 2.58. The van der Waals surface area contributed by atoms with Crippen molar-refractivity contribution in [2.24, 2.45) is 10.9 Å². The maximum Gasteiger partial charge on any atom is 0.169 e. The summed E-state index contributed by atoms with van der Waals surface area (Å²) in [7, 11) is 1.57. The fourth-order valence-electron chi connectivity index (χ4n) is 2.06. The van der Waals surface area contributed by atoms with Crippen molar-refractivity contribution in [3.05, 3.63) is 0 Å². The predicted octanol–water partition coefficient (Wildman–Crippen LogP) is -1.86. The number of aliphatic hydroxyl groups is 3. The number of hydrogen-bond acceptors (Lipinski definition) is 6. The Kier molecular flexibility index (Phi) is 2.78. The molecule has 6 heteroatoms. The Morgan fingerprint density at radius 1 is 1.53 bits per heavy atom. The Labute approximate surface area is 87.2 Å². The molecule has 2 aliphatic rings. The average Bonchev–Trinajstić information content (AvgIpc) is 2.65. The third-order valence-electron chi connectivity index (χ3n) is 3.00. The van der Waals surface area contributed by atoms with E-state index in [2.05, 4.69) is 4.99 Å². The molecule has 2 heterocycles. The fraction of sp³-hybridized carbons (Fsp3) is 0.889. The van der Waals surface area contributed by atoms with Gasteiger partial charge in [0, 0.05) is 13.3 Å². The third-order valence-corrected chi connectivity index (χ3v) is 3.00. The van der Waals surface area contributed by atoms with E-state index in [-0.39, 0.29) is 13.2 Å². The minimum atomic E-state index is -1.18. The van der Waals surface area contributed by atoms with Crippen LogP contribution >= 0.6 is 0 Å². The molecule has 15 heavy (non-hydrogen) atoms. The van der Waals surface area contributed by atoms with Gasteiger partial charge in [0.25, 0.3) is 0 Å². The summed E-state index contributed by atoms with van der Waals surface area (Å²) >= 11 is 0. The largest absolute Gasteiger partial charge is 0.393 e. The van der Waals surface area contributed by atoms with Crippen LogP contribution in [0.4, 0.5) is 0 Å². The summed E-state index contributed by atoms with van der Waals surface area (Å²) in [6.07, 6.45) is -1.34. The topological polar surface area (TPSA) is 91.5 Å². The van der Waals surface area contributed by atoms with Gasteiger partial charge in [-0.3, -0.25) is 0 Å². The maximum absolute atomic E-state index is 9.84. The molecule has 2 bridgehead atoms. The zero-order valence-corrected chi connectivity index (χ0v) is 8.41. The number of fused-ring (bicyclic) bond motifs is 2. The van der Waals surface area contributed by atoms with Crippen LogP contribution < -0.4 is 0 Å². The summed E-state index contributed by atoms with van der Waals surface area (Å²) in [6, 6.07) is 0. The van der Waals surface area contributed by atoms with Crippen molar-refractivity contribution in [3.63, 3.8) is 0 Å². The summed E-state index contributed by atoms with van der Waals surface area (Å²) in [5.74, 6) is -0.493. The number of nitrogens with zero attached hydrogens (tertiary/aromatic N) is 1. The van der Waals surface area contributed by atoms with Gasteiger partial charge in [0.1, 0.15) is 11.7 Å². The summed E-state index contributed by atoms with van der Waals surface area (Å²) in [6.45, 7) is -0.293. The second kappa shape index (κ2) is 3.80. The molecule has 2 rings (SSSR count). The van der Waals surface area contributed by atoms with Crippen molar-refractivity contribution >= 4 is 6.21 Å². The molecule has 0 aromatic heterocycles. The first kappa shape index (κ1) is 11.0. The second-order valence-corrected chi connectivity index (χ2v) is 3.94. The summed E-state index contributed by atoms with van der Waals surface area (Å²) in [4.78, 5) is 3.79. The lowest BCUT2D eigenvalue weighted by Gasteiger charge is -2.40. The predicted molar refractivity (Wildman–Crippen MR) is 50.6 cm³/mol. The minimum Gasteiger partial charge on any atom is -0.393 e. The van der Waals surface area contributed by atoms with Gasteiger partial charge in [-0.05, 0) is 0 Å². The van der Waals surface area contributed by atoms with Crippen molar-refractivity contribution in [1.82, 2.24) is 0 Å². The van der Waals surface area contributed by atoms with E-state index in [1.165, 1.54) is 6.21 Å². The molecule has 6 nitrogen and oxygen atoms in total. The van der Waals surface area contributed by atoms with E-state index in [0.717, 1.165) is 0 Å². The average molecular weight is 217 g/mol. The Hall–Kier alpha value is -0.530. The maximum atomic E-state index is 9.84. The summed E-state index contributed by atoms with van der Waals surface area (Å²) in [5, 5.41) is 28.8. The smallest absolute Gasteiger partial charge is 0.169 e. The van der Waals surface area contributed by atoms with Crippen LogP contribution in [0.25, 0.3) is 0 Å². The van der Waals surface area contributed by atoms with E-state index in [1.54, 1.807) is 7.05 Å². The highest BCUT2D eigenvalue weighted by Crippen LogP contribution is 2.38. The highest BCUT2D eigenvalue weighted by molar-refractivity contribution is 5.62. The third kappa shape index (κ3) is 1.49. The molecule has 2 aliphatic heterocycles. The normalized spacial score (nSPS) is 50.1. The molecule has 0 saturated carbocycles.